The Kier molecular flexibility index (Phi) is 5.36. The fourth-order valence-electron chi connectivity index (χ4n) is 2.89. The fourth-order valence-corrected chi connectivity index (χ4v) is 2.89. The van der Waals surface area contributed by atoms with Crippen molar-refractivity contribution in [3.63, 3.8) is 0 Å². The number of anilines is 1. The number of nitrogens with zero attached hydrogens (tertiary/aromatic N) is 4. The van der Waals surface area contributed by atoms with Crippen LogP contribution in [0.15, 0.2) is 12.4 Å². The standard InChI is InChI=1S/C15H26N4O2/c1-11(2)21-15-8-16-7-14(17-15)18-9-12(3)19(5-6-20)13(4)10-18/h7-8,11-13,20H,5-6,9-10H2,1-4H3/t12-,13+. The molecule has 2 rings (SSSR count). The van der Waals surface area contributed by atoms with Gasteiger partial charge in [0.15, 0.2) is 5.82 Å². The molecule has 1 saturated heterocycles. The minimum Gasteiger partial charge on any atom is -0.474 e. The van der Waals surface area contributed by atoms with Gasteiger partial charge in [-0.05, 0) is 27.7 Å². The van der Waals surface area contributed by atoms with E-state index in [1.807, 2.05) is 13.8 Å². The van der Waals surface area contributed by atoms with Crippen LogP contribution in [0.3, 0.4) is 0 Å². The quantitative estimate of drug-likeness (QED) is 0.879. The summed E-state index contributed by atoms with van der Waals surface area (Å²) in [5, 5.41) is 9.16. The number of ether oxygens (including phenoxy) is 1. The first kappa shape index (κ1) is 16.0. The Morgan fingerprint density at radius 2 is 1.95 bits per heavy atom. The molecule has 21 heavy (non-hydrogen) atoms. The first-order valence-corrected chi connectivity index (χ1v) is 7.61. The van der Waals surface area contributed by atoms with E-state index in [2.05, 4.69) is 33.6 Å². The monoisotopic (exact) mass is 294 g/mol. The summed E-state index contributed by atoms with van der Waals surface area (Å²) in [4.78, 5) is 13.4. The molecule has 1 aromatic rings. The second-order valence-electron chi connectivity index (χ2n) is 5.95. The van der Waals surface area contributed by atoms with Crippen molar-refractivity contribution in [2.24, 2.45) is 0 Å². The Labute approximate surface area is 126 Å². The molecule has 2 heterocycles. The average molecular weight is 294 g/mol. The van der Waals surface area contributed by atoms with Crippen molar-refractivity contribution >= 4 is 5.82 Å². The summed E-state index contributed by atoms with van der Waals surface area (Å²) in [5.41, 5.74) is 0. The van der Waals surface area contributed by atoms with Crippen LogP contribution in [0, 0.1) is 0 Å². The summed E-state index contributed by atoms with van der Waals surface area (Å²) in [6.45, 7) is 11.0. The molecule has 1 aromatic heterocycles. The Balaban J connectivity index is 2.09. The first-order chi connectivity index (χ1) is 10.0. The van der Waals surface area contributed by atoms with Crippen LogP contribution in [-0.4, -0.2) is 64.4 Å². The minimum atomic E-state index is 0.0915. The van der Waals surface area contributed by atoms with Gasteiger partial charge in [-0.3, -0.25) is 9.88 Å². The zero-order valence-corrected chi connectivity index (χ0v) is 13.4. The molecule has 1 N–H and O–H groups in total. The van der Waals surface area contributed by atoms with Crippen LogP contribution in [0.1, 0.15) is 27.7 Å². The molecular weight excluding hydrogens is 268 g/mol. The molecule has 0 aromatic carbocycles. The van der Waals surface area contributed by atoms with E-state index >= 15 is 0 Å². The van der Waals surface area contributed by atoms with Crippen LogP contribution in [0.25, 0.3) is 0 Å². The zero-order chi connectivity index (χ0) is 15.4. The maximum atomic E-state index is 9.16. The van der Waals surface area contributed by atoms with Gasteiger partial charge in [-0.2, -0.15) is 4.98 Å². The van der Waals surface area contributed by atoms with E-state index in [1.54, 1.807) is 12.4 Å². The molecule has 1 fully saturated rings. The van der Waals surface area contributed by atoms with Gasteiger partial charge in [-0.15, -0.1) is 0 Å². The molecule has 0 amide bonds. The van der Waals surface area contributed by atoms with Crippen LogP contribution in [0.2, 0.25) is 0 Å². The lowest BCUT2D eigenvalue weighted by molar-refractivity contribution is 0.102. The number of β-amino-alcohol motifs (C(OH)–C–C–N with tert-alkyl or cyclic N) is 1. The molecule has 0 saturated carbocycles. The van der Waals surface area contributed by atoms with Gasteiger partial charge in [-0.1, -0.05) is 0 Å². The lowest BCUT2D eigenvalue weighted by Gasteiger charge is -2.44. The largest absolute Gasteiger partial charge is 0.474 e. The van der Waals surface area contributed by atoms with Gasteiger partial charge >= 0.3 is 0 Å². The van der Waals surface area contributed by atoms with Gasteiger partial charge in [-0.25, -0.2) is 0 Å². The summed E-state index contributed by atoms with van der Waals surface area (Å²) in [7, 11) is 0. The molecule has 6 nitrogen and oxygen atoms in total. The van der Waals surface area contributed by atoms with E-state index in [0.717, 1.165) is 25.5 Å². The smallest absolute Gasteiger partial charge is 0.234 e. The number of aliphatic hydroxyl groups excluding tert-OH is 1. The van der Waals surface area contributed by atoms with E-state index in [0.29, 0.717) is 18.0 Å². The van der Waals surface area contributed by atoms with E-state index in [9.17, 15) is 0 Å². The summed E-state index contributed by atoms with van der Waals surface area (Å²) in [5.74, 6) is 1.43. The van der Waals surface area contributed by atoms with Crippen LogP contribution in [0.5, 0.6) is 5.88 Å². The van der Waals surface area contributed by atoms with Gasteiger partial charge in [0.05, 0.1) is 25.1 Å². The molecular formula is C15H26N4O2. The fraction of sp³-hybridized carbons (Fsp3) is 0.733. The Morgan fingerprint density at radius 1 is 1.29 bits per heavy atom. The highest BCUT2D eigenvalue weighted by atomic mass is 16.5. The van der Waals surface area contributed by atoms with Crippen molar-refractivity contribution in [1.82, 2.24) is 14.9 Å². The van der Waals surface area contributed by atoms with E-state index in [1.165, 1.54) is 0 Å². The Bertz CT molecular complexity index is 443. The van der Waals surface area contributed by atoms with Crippen molar-refractivity contribution in [1.29, 1.82) is 0 Å². The number of rotatable bonds is 5. The number of aliphatic hydroxyl groups is 1. The van der Waals surface area contributed by atoms with Crippen molar-refractivity contribution in [3.8, 4) is 5.88 Å². The molecule has 118 valence electrons. The number of hydrogen-bond donors (Lipinski definition) is 1. The normalized spacial score (nSPS) is 23.6. The lowest BCUT2D eigenvalue weighted by Crippen LogP contribution is -2.57. The predicted molar refractivity (Wildman–Crippen MR) is 82.7 cm³/mol. The summed E-state index contributed by atoms with van der Waals surface area (Å²) < 4.78 is 5.62. The molecule has 0 spiro atoms. The third-order valence-corrected chi connectivity index (χ3v) is 3.74. The van der Waals surface area contributed by atoms with Crippen molar-refractivity contribution in [2.45, 2.75) is 45.9 Å². The highest BCUT2D eigenvalue weighted by Crippen LogP contribution is 2.22. The highest BCUT2D eigenvalue weighted by Gasteiger charge is 2.29. The lowest BCUT2D eigenvalue weighted by atomic mass is 10.1. The number of piperazine rings is 1. The van der Waals surface area contributed by atoms with Crippen LogP contribution in [0.4, 0.5) is 5.82 Å². The molecule has 0 unspecified atom stereocenters. The van der Waals surface area contributed by atoms with Crippen LogP contribution < -0.4 is 9.64 Å². The SMILES string of the molecule is CC(C)Oc1cncc(N2C[C@@H](C)N(CCO)[C@@H](C)C2)n1. The van der Waals surface area contributed by atoms with Gasteiger partial charge in [0, 0.05) is 31.7 Å². The van der Waals surface area contributed by atoms with Crippen molar-refractivity contribution in [3.05, 3.63) is 12.4 Å². The molecule has 1 aliphatic rings. The summed E-state index contributed by atoms with van der Waals surface area (Å²) in [6, 6.07) is 0.745. The molecule has 0 bridgehead atoms. The third-order valence-electron chi connectivity index (χ3n) is 3.74. The molecule has 2 atom stereocenters. The third kappa shape index (κ3) is 4.04. The van der Waals surface area contributed by atoms with Gasteiger partial charge in [0.1, 0.15) is 0 Å². The van der Waals surface area contributed by atoms with E-state index in [-0.39, 0.29) is 12.7 Å². The zero-order valence-electron chi connectivity index (χ0n) is 13.4. The molecule has 0 aliphatic carbocycles. The molecule has 6 heteroatoms. The second kappa shape index (κ2) is 7.04. The first-order valence-electron chi connectivity index (χ1n) is 7.61. The summed E-state index contributed by atoms with van der Waals surface area (Å²) >= 11 is 0. The van der Waals surface area contributed by atoms with Crippen LogP contribution in [-0.2, 0) is 0 Å². The maximum absolute atomic E-state index is 9.16. The minimum absolute atomic E-state index is 0.0915. The second-order valence-corrected chi connectivity index (χ2v) is 5.95. The predicted octanol–water partition coefficient (Wildman–Crippen LogP) is 1.16. The van der Waals surface area contributed by atoms with Crippen LogP contribution >= 0.6 is 0 Å². The van der Waals surface area contributed by atoms with Gasteiger partial charge in [0.2, 0.25) is 5.88 Å². The number of hydrogen-bond acceptors (Lipinski definition) is 6. The molecule has 0 radical (unpaired) electrons. The highest BCUT2D eigenvalue weighted by molar-refractivity contribution is 5.39. The Hall–Kier alpha value is -1.40. The van der Waals surface area contributed by atoms with Crippen molar-refractivity contribution in [2.75, 3.05) is 31.1 Å². The van der Waals surface area contributed by atoms with Gasteiger partial charge < -0.3 is 14.7 Å². The summed E-state index contributed by atoms with van der Waals surface area (Å²) in [6.07, 6.45) is 3.53. The van der Waals surface area contributed by atoms with Crippen molar-refractivity contribution < 1.29 is 9.84 Å². The van der Waals surface area contributed by atoms with Gasteiger partial charge in [0.25, 0.3) is 0 Å². The topological polar surface area (TPSA) is 61.7 Å². The Morgan fingerprint density at radius 3 is 2.52 bits per heavy atom. The van der Waals surface area contributed by atoms with E-state index in [4.69, 9.17) is 9.84 Å². The molecule has 1 aliphatic heterocycles. The van der Waals surface area contributed by atoms with E-state index < -0.39 is 0 Å². The average Bonchev–Trinajstić information content (AvgIpc) is 2.42. The number of aromatic nitrogens is 2. The maximum Gasteiger partial charge on any atom is 0.234 e.